The first kappa shape index (κ1) is 19.7. The summed E-state index contributed by atoms with van der Waals surface area (Å²) in [5, 5.41) is 11.2. The summed E-state index contributed by atoms with van der Waals surface area (Å²) in [6.45, 7) is 13.2. The molecule has 7 nitrogen and oxygen atoms in total. The van der Waals surface area contributed by atoms with Gasteiger partial charge in [-0.05, 0) is 34.1 Å². The number of ether oxygens (including phenoxy) is 1. The normalized spacial score (nSPS) is 22.2. The van der Waals surface area contributed by atoms with Gasteiger partial charge in [-0.3, -0.25) is 14.6 Å². The lowest BCUT2D eigenvalue weighted by molar-refractivity contribution is -0.0679. The van der Waals surface area contributed by atoms with E-state index in [9.17, 15) is 0 Å². The zero-order valence-electron chi connectivity index (χ0n) is 16.6. The molecular weight excluding hydrogens is 316 g/mol. The lowest BCUT2D eigenvalue weighted by Crippen LogP contribution is -2.46. The maximum absolute atomic E-state index is 5.78. The molecule has 0 aromatic carbocycles. The van der Waals surface area contributed by atoms with Crippen LogP contribution in [0, 0.1) is 13.8 Å². The Balaban J connectivity index is 1.70. The van der Waals surface area contributed by atoms with Crippen LogP contribution in [0.25, 0.3) is 0 Å². The van der Waals surface area contributed by atoms with E-state index >= 15 is 0 Å². The Kier molecular flexibility index (Phi) is 7.25. The SMILES string of the molecule is CN=C(NCCCN1CC(C)OC(C)C1)NCc1c(C)nn(C)c1C. The standard InChI is InChI=1S/C18H34N6O/c1-13-11-24(12-14(2)25-13)9-7-8-20-18(19-5)21-10-17-15(3)22-23(6)16(17)4/h13-14H,7-12H2,1-6H3,(H2,19,20,21). The average molecular weight is 351 g/mol. The number of aromatic nitrogens is 2. The molecule has 2 unspecified atom stereocenters. The van der Waals surface area contributed by atoms with Gasteiger partial charge >= 0.3 is 0 Å². The highest BCUT2D eigenvalue weighted by molar-refractivity contribution is 5.79. The highest BCUT2D eigenvalue weighted by atomic mass is 16.5. The molecule has 1 aromatic rings. The van der Waals surface area contributed by atoms with E-state index in [4.69, 9.17) is 4.74 Å². The molecule has 0 radical (unpaired) electrons. The van der Waals surface area contributed by atoms with Crippen molar-refractivity contribution in [2.45, 2.75) is 52.9 Å². The number of guanidine groups is 1. The van der Waals surface area contributed by atoms with Crippen LogP contribution < -0.4 is 10.6 Å². The van der Waals surface area contributed by atoms with Crippen molar-refractivity contribution in [1.29, 1.82) is 0 Å². The quantitative estimate of drug-likeness (QED) is 0.458. The van der Waals surface area contributed by atoms with Gasteiger partial charge in [0.2, 0.25) is 0 Å². The summed E-state index contributed by atoms with van der Waals surface area (Å²) in [5.41, 5.74) is 3.50. The molecule has 1 aliphatic heterocycles. The van der Waals surface area contributed by atoms with Crippen LogP contribution in [0.2, 0.25) is 0 Å². The van der Waals surface area contributed by atoms with E-state index in [1.165, 1.54) is 11.3 Å². The van der Waals surface area contributed by atoms with E-state index in [-0.39, 0.29) is 0 Å². The predicted molar refractivity (Wildman–Crippen MR) is 102 cm³/mol. The zero-order valence-corrected chi connectivity index (χ0v) is 16.6. The largest absolute Gasteiger partial charge is 0.373 e. The smallest absolute Gasteiger partial charge is 0.191 e. The average Bonchev–Trinajstić information content (AvgIpc) is 2.79. The highest BCUT2D eigenvalue weighted by Gasteiger charge is 2.21. The Morgan fingerprint density at radius 3 is 2.48 bits per heavy atom. The third-order valence-electron chi connectivity index (χ3n) is 4.75. The summed E-state index contributed by atoms with van der Waals surface area (Å²) >= 11 is 0. The maximum atomic E-state index is 5.78. The zero-order chi connectivity index (χ0) is 18.4. The van der Waals surface area contributed by atoms with Crippen LogP contribution in [0.5, 0.6) is 0 Å². The van der Waals surface area contributed by atoms with Crippen molar-refractivity contribution in [3.8, 4) is 0 Å². The predicted octanol–water partition coefficient (Wildman–Crippen LogP) is 1.20. The number of rotatable bonds is 6. The molecule has 0 saturated carbocycles. The van der Waals surface area contributed by atoms with Crippen LogP contribution in [0.4, 0.5) is 0 Å². The van der Waals surface area contributed by atoms with E-state index in [2.05, 4.69) is 46.4 Å². The second kappa shape index (κ2) is 9.20. The van der Waals surface area contributed by atoms with E-state index < -0.39 is 0 Å². The van der Waals surface area contributed by atoms with E-state index in [1.54, 1.807) is 0 Å². The maximum Gasteiger partial charge on any atom is 0.191 e. The van der Waals surface area contributed by atoms with Crippen molar-refractivity contribution in [2.75, 3.05) is 33.2 Å². The van der Waals surface area contributed by atoms with Crippen molar-refractivity contribution in [2.24, 2.45) is 12.0 Å². The van der Waals surface area contributed by atoms with Crippen LogP contribution >= 0.6 is 0 Å². The number of hydrogen-bond donors (Lipinski definition) is 2. The fourth-order valence-electron chi connectivity index (χ4n) is 3.44. The second-order valence-corrected chi connectivity index (χ2v) is 7.00. The Morgan fingerprint density at radius 1 is 1.24 bits per heavy atom. The van der Waals surface area contributed by atoms with Gasteiger partial charge in [0.05, 0.1) is 17.9 Å². The minimum absolute atomic E-state index is 0.331. The van der Waals surface area contributed by atoms with Gasteiger partial charge in [0.15, 0.2) is 5.96 Å². The van der Waals surface area contributed by atoms with Crippen molar-refractivity contribution in [1.82, 2.24) is 25.3 Å². The molecule has 0 aliphatic carbocycles. The van der Waals surface area contributed by atoms with E-state index in [0.717, 1.165) is 50.8 Å². The minimum Gasteiger partial charge on any atom is -0.373 e. The minimum atomic E-state index is 0.331. The van der Waals surface area contributed by atoms with Crippen molar-refractivity contribution in [3.05, 3.63) is 17.0 Å². The van der Waals surface area contributed by atoms with Gasteiger partial charge in [0.25, 0.3) is 0 Å². The Labute approximate surface area is 151 Å². The summed E-state index contributed by atoms with van der Waals surface area (Å²) < 4.78 is 7.70. The molecule has 25 heavy (non-hydrogen) atoms. The number of aliphatic imine (C=N–C) groups is 1. The lowest BCUT2D eigenvalue weighted by Gasteiger charge is -2.35. The molecule has 1 aliphatic rings. The Bertz CT molecular complexity index is 572. The van der Waals surface area contributed by atoms with Crippen molar-refractivity contribution < 1.29 is 4.74 Å². The summed E-state index contributed by atoms with van der Waals surface area (Å²) in [6, 6.07) is 0. The first-order valence-corrected chi connectivity index (χ1v) is 9.22. The summed E-state index contributed by atoms with van der Waals surface area (Å²) in [7, 11) is 3.79. The summed E-state index contributed by atoms with van der Waals surface area (Å²) in [6.07, 6.45) is 1.75. The molecule has 1 saturated heterocycles. The fraction of sp³-hybridized carbons (Fsp3) is 0.778. The molecule has 142 valence electrons. The number of nitrogens with zero attached hydrogens (tertiary/aromatic N) is 4. The van der Waals surface area contributed by atoms with Crippen LogP contribution in [0.1, 0.15) is 37.2 Å². The molecule has 7 heteroatoms. The van der Waals surface area contributed by atoms with Gasteiger partial charge in [0, 0.05) is 58.1 Å². The van der Waals surface area contributed by atoms with Crippen LogP contribution in [-0.4, -0.2) is 66.1 Å². The van der Waals surface area contributed by atoms with Gasteiger partial charge in [0.1, 0.15) is 0 Å². The molecule has 2 rings (SSSR count). The number of morpholine rings is 1. The molecule has 0 spiro atoms. The third-order valence-corrected chi connectivity index (χ3v) is 4.75. The Morgan fingerprint density at radius 2 is 1.92 bits per heavy atom. The molecule has 2 atom stereocenters. The first-order valence-electron chi connectivity index (χ1n) is 9.22. The third kappa shape index (κ3) is 5.71. The van der Waals surface area contributed by atoms with Gasteiger partial charge in [-0.15, -0.1) is 0 Å². The first-order chi connectivity index (χ1) is 11.9. The van der Waals surface area contributed by atoms with E-state index in [1.807, 2.05) is 25.7 Å². The topological polar surface area (TPSA) is 66.7 Å². The van der Waals surface area contributed by atoms with Gasteiger partial charge in [-0.1, -0.05) is 0 Å². The molecule has 2 heterocycles. The molecule has 1 fully saturated rings. The highest BCUT2D eigenvalue weighted by Crippen LogP contribution is 2.11. The molecular formula is C18H34N6O. The van der Waals surface area contributed by atoms with Gasteiger partial charge in [-0.25, -0.2) is 0 Å². The molecule has 1 aromatic heterocycles. The summed E-state index contributed by atoms with van der Waals surface area (Å²) in [5.74, 6) is 0.839. The van der Waals surface area contributed by atoms with Crippen molar-refractivity contribution in [3.63, 3.8) is 0 Å². The van der Waals surface area contributed by atoms with Gasteiger partial charge < -0.3 is 15.4 Å². The number of nitrogens with one attached hydrogen (secondary N) is 2. The van der Waals surface area contributed by atoms with E-state index in [0.29, 0.717) is 12.2 Å². The summed E-state index contributed by atoms with van der Waals surface area (Å²) in [4.78, 5) is 6.80. The van der Waals surface area contributed by atoms with Crippen LogP contribution in [0.15, 0.2) is 4.99 Å². The second-order valence-electron chi connectivity index (χ2n) is 7.00. The van der Waals surface area contributed by atoms with Gasteiger partial charge in [-0.2, -0.15) is 5.10 Å². The number of hydrogen-bond acceptors (Lipinski definition) is 4. The molecule has 0 bridgehead atoms. The van der Waals surface area contributed by atoms with Crippen molar-refractivity contribution >= 4 is 5.96 Å². The lowest BCUT2D eigenvalue weighted by atomic mass is 10.2. The van der Waals surface area contributed by atoms with Crippen LogP contribution in [-0.2, 0) is 18.3 Å². The van der Waals surface area contributed by atoms with Crippen LogP contribution in [0.3, 0.4) is 0 Å². The Hall–Kier alpha value is -1.60. The monoisotopic (exact) mass is 350 g/mol. The number of aryl methyl sites for hydroxylation is 2. The molecule has 0 amide bonds. The molecule has 2 N–H and O–H groups in total. The fourth-order valence-corrected chi connectivity index (χ4v) is 3.44.